The van der Waals surface area contributed by atoms with Crippen molar-refractivity contribution in [3.8, 4) is 0 Å². The third-order valence-corrected chi connectivity index (χ3v) is 14.4. The summed E-state index contributed by atoms with van der Waals surface area (Å²) < 4.78 is 33.7. The first-order valence-corrected chi connectivity index (χ1v) is 29.3. The van der Waals surface area contributed by atoms with Gasteiger partial charge in [-0.05, 0) is 12.8 Å². The smallest absolute Gasteiger partial charge is 0.462 e. The molecule has 0 amide bonds. The largest absolute Gasteiger partial charge is 0.472 e. The fourth-order valence-electron chi connectivity index (χ4n) is 9.00. The van der Waals surface area contributed by atoms with Crippen LogP contribution < -0.4 is 0 Å². The molecule has 1 fully saturated rings. The Morgan fingerprint density at radius 2 is 0.672 bits per heavy atom. The lowest BCUT2D eigenvalue weighted by atomic mass is 9.85. The third-order valence-electron chi connectivity index (χ3n) is 13.4. The molecule has 1 aliphatic rings. The highest BCUT2D eigenvalue weighted by atomic mass is 31.2. The molecule has 8 atom stereocenters. The van der Waals surface area contributed by atoms with Crippen LogP contribution in [0.4, 0.5) is 0 Å². The highest BCUT2D eigenvalue weighted by Crippen LogP contribution is 2.47. The molecule has 67 heavy (non-hydrogen) atoms. The first-order chi connectivity index (χ1) is 32.4. The second kappa shape index (κ2) is 43.6. The van der Waals surface area contributed by atoms with Crippen molar-refractivity contribution >= 4 is 19.8 Å². The first-order valence-electron chi connectivity index (χ1n) is 27.8. The Balaban J connectivity index is 2.34. The molecule has 6 N–H and O–H groups in total. The van der Waals surface area contributed by atoms with Crippen molar-refractivity contribution < 1.29 is 63.1 Å². The van der Waals surface area contributed by atoms with E-state index in [0.717, 1.165) is 38.5 Å². The molecule has 398 valence electrons. The van der Waals surface area contributed by atoms with Crippen LogP contribution in [0.15, 0.2) is 0 Å². The lowest BCUT2D eigenvalue weighted by Gasteiger charge is -2.41. The normalized spacial score (nSPS) is 21.0. The van der Waals surface area contributed by atoms with Gasteiger partial charge >= 0.3 is 19.8 Å². The maximum atomic E-state index is 12.9. The number of rotatable bonds is 48. The minimum absolute atomic E-state index is 0.106. The highest BCUT2D eigenvalue weighted by Gasteiger charge is 2.51. The van der Waals surface area contributed by atoms with Crippen molar-refractivity contribution in [1.29, 1.82) is 0 Å². The van der Waals surface area contributed by atoms with Gasteiger partial charge in [0.1, 0.15) is 43.2 Å². The van der Waals surface area contributed by atoms with Crippen molar-refractivity contribution in [1.82, 2.24) is 0 Å². The maximum Gasteiger partial charge on any atom is 0.472 e. The molecule has 1 saturated carbocycles. The molecular weight excluding hydrogens is 876 g/mol. The van der Waals surface area contributed by atoms with Crippen molar-refractivity contribution in [3.05, 3.63) is 0 Å². The van der Waals surface area contributed by atoms with E-state index in [1.165, 1.54) is 193 Å². The molecule has 13 nitrogen and oxygen atoms in total. The molecular formula is C53H103O13P. The summed E-state index contributed by atoms with van der Waals surface area (Å²) in [7, 11) is -5.12. The number of hydrogen-bond acceptors (Lipinski definition) is 12. The molecule has 0 aromatic carbocycles. The van der Waals surface area contributed by atoms with Gasteiger partial charge in [-0.1, -0.05) is 245 Å². The van der Waals surface area contributed by atoms with E-state index in [0.29, 0.717) is 12.8 Å². The van der Waals surface area contributed by atoms with Gasteiger partial charge in [-0.15, -0.1) is 0 Å². The van der Waals surface area contributed by atoms with Gasteiger partial charge in [0.25, 0.3) is 0 Å². The molecule has 1 rings (SSSR count). The lowest BCUT2D eigenvalue weighted by Crippen LogP contribution is -2.64. The second-order valence-electron chi connectivity index (χ2n) is 19.8. The maximum absolute atomic E-state index is 12.9. The minimum Gasteiger partial charge on any atom is -0.462 e. The van der Waals surface area contributed by atoms with Crippen molar-refractivity contribution in [2.75, 3.05) is 13.2 Å². The molecule has 0 aromatic heterocycles. The molecule has 0 radical (unpaired) electrons. The molecule has 0 aliphatic heterocycles. The molecule has 0 bridgehead atoms. The predicted octanol–water partition coefficient (Wildman–Crippen LogP) is 12.4. The van der Waals surface area contributed by atoms with Crippen LogP contribution in [-0.4, -0.2) is 98.3 Å². The average molecular weight is 979 g/mol. The fourth-order valence-corrected chi connectivity index (χ4v) is 9.97. The van der Waals surface area contributed by atoms with Gasteiger partial charge in [-0.25, -0.2) is 4.57 Å². The van der Waals surface area contributed by atoms with E-state index in [1.54, 1.807) is 0 Å². The van der Waals surface area contributed by atoms with Gasteiger partial charge in [-0.2, -0.15) is 0 Å². The Hall–Kier alpha value is -1.15. The minimum atomic E-state index is -5.12. The number of aliphatic hydroxyl groups excluding tert-OH is 5. The molecule has 0 heterocycles. The van der Waals surface area contributed by atoms with Crippen molar-refractivity contribution in [2.24, 2.45) is 0 Å². The fraction of sp³-hybridized carbons (Fsp3) is 0.962. The summed E-state index contributed by atoms with van der Waals surface area (Å²) in [5.74, 6) is -1.08. The van der Waals surface area contributed by atoms with E-state index < -0.39 is 75.7 Å². The van der Waals surface area contributed by atoms with Crippen LogP contribution in [0.25, 0.3) is 0 Å². The van der Waals surface area contributed by atoms with E-state index >= 15 is 0 Å². The number of hydrogen-bond donors (Lipinski definition) is 6. The number of carbonyl (C=O) groups excluding carboxylic acids is 2. The Bertz CT molecular complexity index is 1180. The van der Waals surface area contributed by atoms with Crippen LogP contribution in [-0.2, 0) is 32.7 Å². The zero-order valence-electron chi connectivity index (χ0n) is 42.7. The SMILES string of the molecule is CCCCCCCCCCCCCCCCCCCCCC(=O)OC[C@H](COP(=O)(O)OC1C(O)C(O)C(O)[C@@H](O)C1O)OC(=O)CCCCCCCCCCCCCCCCCCCCC. The molecule has 1 aliphatic carbocycles. The second-order valence-corrected chi connectivity index (χ2v) is 21.2. The zero-order chi connectivity index (χ0) is 49.2. The van der Waals surface area contributed by atoms with Crippen LogP contribution in [0.5, 0.6) is 0 Å². The third kappa shape index (κ3) is 35.6. The Morgan fingerprint density at radius 1 is 0.403 bits per heavy atom. The number of ether oxygens (including phenoxy) is 2. The topological polar surface area (TPSA) is 210 Å². The van der Waals surface area contributed by atoms with Gasteiger partial charge in [0.15, 0.2) is 6.10 Å². The van der Waals surface area contributed by atoms with E-state index in [4.69, 9.17) is 18.5 Å². The summed E-state index contributed by atoms with van der Waals surface area (Å²) >= 11 is 0. The van der Waals surface area contributed by atoms with Gasteiger partial charge in [0.2, 0.25) is 0 Å². The van der Waals surface area contributed by atoms with Crippen LogP contribution >= 0.6 is 7.82 Å². The summed E-state index contributed by atoms with van der Waals surface area (Å²) in [6, 6.07) is 0. The molecule has 14 heteroatoms. The van der Waals surface area contributed by atoms with Gasteiger partial charge in [-0.3, -0.25) is 18.6 Å². The van der Waals surface area contributed by atoms with E-state index in [-0.39, 0.29) is 12.8 Å². The highest BCUT2D eigenvalue weighted by molar-refractivity contribution is 7.47. The number of carbonyl (C=O) groups is 2. The van der Waals surface area contributed by atoms with Gasteiger partial charge in [0.05, 0.1) is 6.61 Å². The van der Waals surface area contributed by atoms with Gasteiger partial charge < -0.3 is 39.9 Å². The number of phosphoric ester groups is 1. The summed E-state index contributed by atoms with van der Waals surface area (Å²) in [6.07, 6.45) is 34.3. The van der Waals surface area contributed by atoms with Crippen molar-refractivity contribution in [2.45, 2.75) is 313 Å². The Labute approximate surface area is 408 Å². The number of esters is 2. The van der Waals surface area contributed by atoms with Crippen molar-refractivity contribution in [3.63, 3.8) is 0 Å². The average Bonchev–Trinajstić information content (AvgIpc) is 3.31. The molecule has 0 spiro atoms. The number of unbranched alkanes of at least 4 members (excludes halogenated alkanes) is 36. The predicted molar refractivity (Wildman–Crippen MR) is 268 cm³/mol. The number of phosphoric acid groups is 1. The summed E-state index contributed by atoms with van der Waals surface area (Å²) in [4.78, 5) is 35.9. The van der Waals surface area contributed by atoms with Gasteiger partial charge in [0, 0.05) is 12.8 Å². The summed E-state index contributed by atoms with van der Waals surface area (Å²) in [6.45, 7) is 3.37. The lowest BCUT2D eigenvalue weighted by molar-refractivity contribution is -0.220. The first kappa shape index (κ1) is 63.9. The monoisotopic (exact) mass is 979 g/mol. The molecule has 0 saturated heterocycles. The van der Waals surface area contributed by atoms with Crippen LogP contribution in [0, 0.1) is 0 Å². The standard InChI is InChI=1S/C53H103O13P/c1-3-5-7-9-11-13-15-17-19-21-23-25-27-29-31-33-35-37-39-41-46(54)63-43-45(44-64-67(61,62)66-53-51(59)49(57)48(56)50(58)52(53)60)65-47(55)42-40-38-36-34-32-30-28-26-24-22-20-18-16-14-12-10-8-6-4-2/h45,48-53,56-60H,3-44H2,1-2H3,(H,61,62)/t45-,48?,49-,50?,51?,52?,53?/m1/s1. The van der Waals surface area contributed by atoms with E-state index in [1.807, 2.05) is 0 Å². The quantitative estimate of drug-likeness (QED) is 0.0191. The van der Waals surface area contributed by atoms with Crippen LogP contribution in [0.2, 0.25) is 0 Å². The van der Waals surface area contributed by atoms with E-state index in [2.05, 4.69) is 13.8 Å². The zero-order valence-corrected chi connectivity index (χ0v) is 43.6. The summed E-state index contributed by atoms with van der Waals surface area (Å²) in [5, 5.41) is 50.3. The summed E-state index contributed by atoms with van der Waals surface area (Å²) in [5.41, 5.74) is 0. The molecule has 6 unspecified atom stereocenters. The van der Waals surface area contributed by atoms with Crippen LogP contribution in [0.1, 0.15) is 271 Å². The molecule has 0 aromatic rings. The van der Waals surface area contributed by atoms with E-state index in [9.17, 15) is 44.6 Å². The Kier molecular flexibility index (Phi) is 41.6. The Morgan fingerprint density at radius 3 is 0.985 bits per heavy atom. The van der Waals surface area contributed by atoms with Crippen LogP contribution in [0.3, 0.4) is 0 Å². The number of aliphatic hydroxyl groups is 5.